The molecule has 0 saturated carbocycles. The molecule has 244 valence electrons. The smallest absolute Gasteiger partial charge is 0.338 e. The molecule has 2 N–H and O–H groups in total. The van der Waals surface area contributed by atoms with Gasteiger partial charge in [-0.2, -0.15) is 0 Å². The van der Waals surface area contributed by atoms with E-state index in [9.17, 15) is 19.5 Å². The fourth-order valence-corrected chi connectivity index (χ4v) is 6.67. The van der Waals surface area contributed by atoms with Crippen molar-refractivity contribution in [3.63, 3.8) is 0 Å². The summed E-state index contributed by atoms with van der Waals surface area (Å²) >= 11 is 8.07. The number of amides is 1. The van der Waals surface area contributed by atoms with Crippen molar-refractivity contribution in [2.24, 2.45) is 4.99 Å². The molecule has 0 fully saturated rings. The molecule has 1 aromatic heterocycles. The Kier molecular flexibility index (Phi) is 10.5. The van der Waals surface area contributed by atoms with Gasteiger partial charge >= 0.3 is 5.97 Å². The van der Waals surface area contributed by atoms with E-state index in [-0.39, 0.29) is 29.6 Å². The predicted molar refractivity (Wildman–Crippen MR) is 184 cm³/mol. The summed E-state index contributed by atoms with van der Waals surface area (Å²) in [7, 11) is 2.74. The van der Waals surface area contributed by atoms with Crippen LogP contribution in [0.1, 0.15) is 31.0 Å². The maximum atomic E-state index is 14.0. The van der Waals surface area contributed by atoms with Crippen molar-refractivity contribution in [3.05, 3.63) is 106 Å². The van der Waals surface area contributed by atoms with Crippen LogP contribution in [-0.4, -0.2) is 49.0 Å². The molecule has 3 aromatic carbocycles. The molecule has 47 heavy (non-hydrogen) atoms. The standard InChI is InChI=1S/C33H29Br2N3O8S/c1-5-45-24-12-18(6-11-23(24)39)30-29(32(42)44-4)17(2)36-33-38(30)31(41)27(47-33)14-19-13-25(43-3)26(15-22(19)35)46-16-28(40)37-21-9-7-20(34)8-10-21/h6-15,30,39H,5,16H2,1-4H3,(H,37,40)/b27-14+/t30-/m1/s1. The number of rotatable bonds is 10. The number of allylic oxidation sites excluding steroid dienone is 1. The molecular weight excluding hydrogens is 758 g/mol. The fraction of sp³-hybridized carbons (Fsp3) is 0.212. The van der Waals surface area contributed by atoms with Crippen LogP contribution < -0.4 is 34.4 Å². The first-order valence-electron chi connectivity index (χ1n) is 14.2. The second-order valence-corrected chi connectivity index (χ2v) is 12.9. The Labute approximate surface area is 290 Å². The zero-order chi connectivity index (χ0) is 33.8. The largest absolute Gasteiger partial charge is 0.504 e. The van der Waals surface area contributed by atoms with E-state index >= 15 is 0 Å². The fourth-order valence-electron chi connectivity index (χ4n) is 4.93. The highest BCUT2D eigenvalue weighted by atomic mass is 79.9. The van der Waals surface area contributed by atoms with Gasteiger partial charge in [-0.15, -0.1) is 0 Å². The van der Waals surface area contributed by atoms with Gasteiger partial charge in [-0.25, -0.2) is 9.79 Å². The lowest BCUT2D eigenvalue weighted by Crippen LogP contribution is -2.39. The van der Waals surface area contributed by atoms with E-state index in [4.69, 9.17) is 18.9 Å². The van der Waals surface area contributed by atoms with Crippen molar-refractivity contribution in [2.45, 2.75) is 19.9 Å². The highest BCUT2D eigenvalue weighted by Gasteiger charge is 2.33. The SMILES string of the molecule is CCOc1cc([C@@H]2C(C(=O)OC)=C(C)N=c3s/c(=C/c4cc(OC)c(OCC(=O)Nc5ccc(Br)cc5)cc4Br)c(=O)n32)ccc1O. The molecule has 0 radical (unpaired) electrons. The molecule has 5 rings (SSSR count). The molecule has 0 aliphatic carbocycles. The minimum Gasteiger partial charge on any atom is -0.504 e. The lowest BCUT2D eigenvalue weighted by atomic mass is 9.95. The van der Waals surface area contributed by atoms with E-state index in [1.165, 1.54) is 24.9 Å². The number of hydrogen-bond acceptors (Lipinski definition) is 10. The maximum absolute atomic E-state index is 14.0. The second kappa shape index (κ2) is 14.6. The average Bonchev–Trinajstić information content (AvgIpc) is 3.35. The molecule has 0 spiro atoms. The van der Waals surface area contributed by atoms with Gasteiger partial charge < -0.3 is 29.4 Å². The number of carbonyl (C=O) groups is 2. The van der Waals surface area contributed by atoms with E-state index in [2.05, 4.69) is 42.2 Å². The molecule has 0 bridgehead atoms. The first kappa shape index (κ1) is 33.9. The van der Waals surface area contributed by atoms with Gasteiger partial charge in [-0.3, -0.25) is 14.2 Å². The number of anilines is 1. The summed E-state index contributed by atoms with van der Waals surface area (Å²) in [5, 5.41) is 13.1. The molecule has 1 amide bonds. The number of phenols is 1. The van der Waals surface area contributed by atoms with Gasteiger partial charge in [0.1, 0.15) is 0 Å². The Morgan fingerprint density at radius 2 is 1.79 bits per heavy atom. The predicted octanol–water partition coefficient (Wildman–Crippen LogP) is 5.06. The minimum absolute atomic E-state index is 0.0697. The quantitative estimate of drug-likeness (QED) is 0.213. The number of phenolic OH excluding ortho intramolecular Hbond substituents is 1. The van der Waals surface area contributed by atoms with Crippen molar-refractivity contribution in [1.82, 2.24) is 4.57 Å². The van der Waals surface area contributed by atoms with Crippen molar-refractivity contribution in [3.8, 4) is 23.0 Å². The van der Waals surface area contributed by atoms with Crippen LogP contribution in [0.5, 0.6) is 23.0 Å². The normalized spacial score (nSPS) is 14.3. The molecule has 0 unspecified atom stereocenters. The Hall–Kier alpha value is -4.40. The van der Waals surface area contributed by atoms with Crippen LogP contribution in [0.25, 0.3) is 6.08 Å². The number of hydrogen-bond donors (Lipinski definition) is 2. The molecule has 1 aliphatic rings. The minimum atomic E-state index is -0.891. The number of carbonyl (C=O) groups excluding carboxylic acids is 2. The highest BCUT2D eigenvalue weighted by molar-refractivity contribution is 9.10. The molecule has 11 nitrogen and oxygen atoms in total. The van der Waals surface area contributed by atoms with Gasteiger partial charge in [0.05, 0.1) is 42.7 Å². The molecule has 2 heterocycles. The summed E-state index contributed by atoms with van der Waals surface area (Å²) in [5.74, 6) is -0.174. The van der Waals surface area contributed by atoms with Gasteiger partial charge in [-0.05, 0) is 79.6 Å². The third-order valence-corrected chi connectivity index (χ3v) is 9.28. The zero-order valence-electron chi connectivity index (χ0n) is 25.6. The molecule has 4 aromatic rings. The molecule has 1 atom stereocenters. The average molecular weight is 787 g/mol. The van der Waals surface area contributed by atoms with Crippen molar-refractivity contribution < 1.29 is 33.6 Å². The second-order valence-electron chi connectivity index (χ2n) is 10.1. The van der Waals surface area contributed by atoms with Gasteiger partial charge in [0, 0.05) is 14.6 Å². The zero-order valence-corrected chi connectivity index (χ0v) is 29.6. The van der Waals surface area contributed by atoms with Gasteiger partial charge in [0.15, 0.2) is 34.4 Å². The van der Waals surface area contributed by atoms with E-state index in [1.807, 2.05) is 12.1 Å². The van der Waals surface area contributed by atoms with Crippen molar-refractivity contribution in [1.29, 1.82) is 0 Å². The number of nitrogens with zero attached hydrogens (tertiary/aromatic N) is 2. The molecular formula is C33H29Br2N3O8S. The lowest BCUT2D eigenvalue weighted by molar-refractivity contribution is -0.136. The van der Waals surface area contributed by atoms with Gasteiger partial charge in [-0.1, -0.05) is 49.3 Å². The van der Waals surface area contributed by atoms with Crippen LogP contribution in [0.4, 0.5) is 5.69 Å². The highest BCUT2D eigenvalue weighted by Crippen LogP contribution is 2.36. The van der Waals surface area contributed by atoms with Crippen molar-refractivity contribution >= 4 is 66.8 Å². The van der Waals surface area contributed by atoms with E-state index < -0.39 is 17.6 Å². The van der Waals surface area contributed by atoms with Crippen LogP contribution in [0.3, 0.4) is 0 Å². The van der Waals surface area contributed by atoms with E-state index in [1.54, 1.807) is 56.3 Å². The van der Waals surface area contributed by atoms with Crippen LogP contribution in [0.2, 0.25) is 0 Å². The number of esters is 1. The Balaban J connectivity index is 1.51. The number of aromatic hydroxyl groups is 1. The summed E-state index contributed by atoms with van der Waals surface area (Å²) in [4.78, 5) is 44.5. The third kappa shape index (κ3) is 7.29. The topological polar surface area (TPSA) is 138 Å². The number of benzene rings is 3. The number of methoxy groups -OCH3 is 2. The van der Waals surface area contributed by atoms with Crippen LogP contribution in [-0.2, 0) is 14.3 Å². The summed E-state index contributed by atoms with van der Waals surface area (Å²) in [5.41, 5.74) is 1.95. The summed E-state index contributed by atoms with van der Waals surface area (Å²) in [6.45, 7) is 3.51. The molecule has 0 saturated heterocycles. The Morgan fingerprint density at radius 1 is 1.04 bits per heavy atom. The summed E-state index contributed by atoms with van der Waals surface area (Å²) in [6.07, 6.45) is 1.68. The summed E-state index contributed by atoms with van der Waals surface area (Å²) in [6, 6.07) is 14.3. The number of halogens is 2. The number of nitrogens with one attached hydrogen (secondary N) is 1. The molecule has 14 heteroatoms. The Bertz CT molecular complexity index is 2070. The first-order chi connectivity index (χ1) is 22.5. The monoisotopic (exact) mass is 785 g/mol. The van der Waals surface area contributed by atoms with E-state index in [0.29, 0.717) is 54.4 Å². The van der Waals surface area contributed by atoms with E-state index in [0.717, 1.165) is 15.8 Å². The van der Waals surface area contributed by atoms with Gasteiger partial charge in [0.25, 0.3) is 11.5 Å². The third-order valence-electron chi connectivity index (χ3n) is 7.08. The number of aromatic nitrogens is 1. The van der Waals surface area contributed by atoms with Gasteiger partial charge in [0.2, 0.25) is 0 Å². The van der Waals surface area contributed by atoms with Crippen molar-refractivity contribution in [2.75, 3.05) is 32.8 Å². The molecule has 1 aliphatic heterocycles. The number of fused-ring (bicyclic) bond motifs is 1. The first-order valence-corrected chi connectivity index (χ1v) is 16.6. The van der Waals surface area contributed by atoms with Crippen LogP contribution in [0.15, 0.2) is 84.6 Å². The van der Waals surface area contributed by atoms with Crippen LogP contribution >= 0.6 is 43.2 Å². The number of thiazole rings is 1. The lowest BCUT2D eigenvalue weighted by Gasteiger charge is -2.24. The summed E-state index contributed by atoms with van der Waals surface area (Å²) < 4.78 is 25.2. The van der Waals surface area contributed by atoms with Crippen LogP contribution in [0, 0.1) is 0 Å². The number of ether oxygens (including phenoxy) is 4. The Morgan fingerprint density at radius 3 is 2.47 bits per heavy atom. The maximum Gasteiger partial charge on any atom is 0.338 e.